The third kappa shape index (κ3) is 6.25. The van der Waals surface area contributed by atoms with Gasteiger partial charge >= 0.3 is 5.97 Å². The van der Waals surface area contributed by atoms with E-state index >= 15 is 0 Å². The molecule has 0 radical (unpaired) electrons. The lowest BCUT2D eigenvalue weighted by molar-refractivity contribution is -0.148. The van der Waals surface area contributed by atoms with Crippen molar-refractivity contribution >= 4 is 23.6 Å². The van der Waals surface area contributed by atoms with E-state index in [-0.39, 0.29) is 5.92 Å². The molecular formula is C24H29NO6. The Morgan fingerprint density at radius 3 is 2.13 bits per heavy atom. The molecule has 1 amide bonds. The highest BCUT2D eigenvalue weighted by Gasteiger charge is 2.18. The van der Waals surface area contributed by atoms with Gasteiger partial charge in [-0.3, -0.25) is 4.79 Å². The van der Waals surface area contributed by atoms with Crippen molar-refractivity contribution in [3.63, 3.8) is 0 Å². The molecule has 0 fully saturated rings. The molecule has 0 aromatic heterocycles. The normalized spacial score (nSPS) is 11.8. The minimum Gasteiger partial charge on any atom is -0.496 e. The average molecular weight is 427 g/mol. The second-order valence-corrected chi connectivity index (χ2v) is 7.09. The van der Waals surface area contributed by atoms with Crippen LogP contribution in [0, 0.1) is 0 Å². The summed E-state index contributed by atoms with van der Waals surface area (Å²) in [6, 6.07) is 10.9. The first-order chi connectivity index (χ1) is 14.8. The van der Waals surface area contributed by atoms with Gasteiger partial charge in [-0.15, -0.1) is 0 Å². The Kier molecular flexibility index (Phi) is 8.49. The van der Waals surface area contributed by atoms with Gasteiger partial charge in [0.25, 0.3) is 5.91 Å². The Morgan fingerprint density at radius 2 is 1.52 bits per heavy atom. The minimum absolute atomic E-state index is 0.244. The molecule has 0 heterocycles. The van der Waals surface area contributed by atoms with E-state index in [9.17, 15) is 9.59 Å². The van der Waals surface area contributed by atoms with Crippen LogP contribution in [0.5, 0.6) is 17.2 Å². The van der Waals surface area contributed by atoms with Crippen LogP contribution in [0.25, 0.3) is 6.08 Å². The van der Waals surface area contributed by atoms with Crippen molar-refractivity contribution in [3.05, 3.63) is 53.6 Å². The summed E-state index contributed by atoms with van der Waals surface area (Å²) in [7, 11) is 4.55. The van der Waals surface area contributed by atoms with Crippen molar-refractivity contribution in [2.24, 2.45) is 0 Å². The average Bonchev–Trinajstić information content (AvgIpc) is 2.76. The summed E-state index contributed by atoms with van der Waals surface area (Å²) in [5.41, 5.74) is 2.31. The number of esters is 1. The SMILES string of the molecule is COc1cc(OC)c(OC)cc1/C=C/C(=O)O[C@H](C)C(=O)Nc1ccccc1C(C)C. The molecule has 0 saturated carbocycles. The molecule has 7 heteroatoms. The molecule has 0 spiro atoms. The number of hydrogen-bond acceptors (Lipinski definition) is 6. The summed E-state index contributed by atoms with van der Waals surface area (Å²) in [6.07, 6.45) is 1.79. The molecule has 0 aliphatic rings. The van der Waals surface area contributed by atoms with E-state index in [0.717, 1.165) is 5.56 Å². The van der Waals surface area contributed by atoms with E-state index in [0.29, 0.717) is 28.5 Å². The van der Waals surface area contributed by atoms with Crippen molar-refractivity contribution in [1.29, 1.82) is 0 Å². The smallest absolute Gasteiger partial charge is 0.331 e. The molecule has 7 nitrogen and oxygen atoms in total. The molecule has 1 atom stereocenters. The summed E-state index contributed by atoms with van der Waals surface area (Å²) in [4.78, 5) is 24.7. The van der Waals surface area contributed by atoms with Crippen LogP contribution in [-0.4, -0.2) is 39.3 Å². The fraction of sp³-hybridized carbons (Fsp3) is 0.333. The Hall–Kier alpha value is -3.48. The van der Waals surface area contributed by atoms with Crippen molar-refractivity contribution in [2.75, 3.05) is 26.6 Å². The molecule has 2 aromatic rings. The number of methoxy groups -OCH3 is 3. The predicted octanol–water partition coefficient (Wildman–Crippen LogP) is 4.42. The third-order valence-electron chi connectivity index (χ3n) is 4.64. The zero-order valence-corrected chi connectivity index (χ0v) is 18.7. The monoisotopic (exact) mass is 427 g/mol. The van der Waals surface area contributed by atoms with Gasteiger partial charge in [-0.1, -0.05) is 32.0 Å². The zero-order valence-electron chi connectivity index (χ0n) is 18.7. The quantitative estimate of drug-likeness (QED) is 0.471. The van der Waals surface area contributed by atoms with Gasteiger partial charge in [-0.25, -0.2) is 4.79 Å². The van der Waals surface area contributed by atoms with E-state index < -0.39 is 18.0 Å². The van der Waals surface area contributed by atoms with Crippen molar-refractivity contribution in [2.45, 2.75) is 32.8 Å². The largest absolute Gasteiger partial charge is 0.496 e. The Labute approximate surface area is 183 Å². The van der Waals surface area contributed by atoms with Crippen LogP contribution < -0.4 is 19.5 Å². The first kappa shape index (κ1) is 23.8. The van der Waals surface area contributed by atoms with Gasteiger partial charge in [-0.05, 0) is 36.6 Å². The maximum Gasteiger partial charge on any atom is 0.331 e. The second-order valence-electron chi connectivity index (χ2n) is 7.09. The third-order valence-corrected chi connectivity index (χ3v) is 4.64. The van der Waals surface area contributed by atoms with E-state index in [1.807, 2.05) is 38.1 Å². The van der Waals surface area contributed by atoms with Gasteiger partial charge in [0, 0.05) is 23.4 Å². The lowest BCUT2D eigenvalue weighted by Crippen LogP contribution is -2.29. The summed E-state index contributed by atoms with van der Waals surface area (Å²) >= 11 is 0. The van der Waals surface area contributed by atoms with Crippen LogP contribution in [0.15, 0.2) is 42.5 Å². The van der Waals surface area contributed by atoms with E-state index in [2.05, 4.69) is 5.32 Å². The molecule has 2 aromatic carbocycles. The van der Waals surface area contributed by atoms with E-state index in [1.165, 1.54) is 40.4 Å². The van der Waals surface area contributed by atoms with Gasteiger partial charge in [0.05, 0.1) is 21.3 Å². The molecule has 0 unspecified atom stereocenters. The molecule has 0 aliphatic carbocycles. The number of carbonyl (C=O) groups excluding carboxylic acids is 2. The van der Waals surface area contributed by atoms with Crippen LogP contribution in [0.4, 0.5) is 5.69 Å². The number of ether oxygens (including phenoxy) is 4. The van der Waals surface area contributed by atoms with E-state index in [1.54, 1.807) is 12.1 Å². The topological polar surface area (TPSA) is 83.1 Å². The fourth-order valence-corrected chi connectivity index (χ4v) is 2.96. The number of benzene rings is 2. The van der Waals surface area contributed by atoms with Crippen LogP contribution in [0.1, 0.15) is 37.8 Å². The lowest BCUT2D eigenvalue weighted by atomic mass is 10.0. The summed E-state index contributed by atoms with van der Waals surface area (Å²) < 4.78 is 21.1. The zero-order chi connectivity index (χ0) is 23.0. The Bertz CT molecular complexity index is 951. The molecule has 0 saturated heterocycles. The maximum absolute atomic E-state index is 12.5. The standard InChI is InChI=1S/C24H29NO6/c1-15(2)18-9-7-8-10-19(18)25-24(27)16(3)31-23(26)12-11-17-13-21(29-5)22(30-6)14-20(17)28-4/h7-16H,1-6H3,(H,25,27)/b12-11+/t16-/m1/s1. The lowest BCUT2D eigenvalue weighted by Gasteiger charge is -2.16. The first-order valence-electron chi connectivity index (χ1n) is 9.89. The number of rotatable bonds is 9. The van der Waals surface area contributed by atoms with Crippen LogP contribution in [-0.2, 0) is 14.3 Å². The number of hydrogen-bond donors (Lipinski definition) is 1. The Morgan fingerprint density at radius 1 is 0.903 bits per heavy atom. The summed E-state index contributed by atoms with van der Waals surface area (Å²) in [6.45, 7) is 5.61. The summed E-state index contributed by atoms with van der Waals surface area (Å²) in [5.74, 6) is 0.681. The number of carbonyl (C=O) groups is 2. The highest BCUT2D eigenvalue weighted by Crippen LogP contribution is 2.35. The molecule has 0 aliphatic heterocycles. The number of amides is 1. The van der Waals surface area contributed by atoms with Gasteiger partial charge in [0.2, 0.25) is 0 Å². The molecule has 0 bridgehead atoms. The van der Waals surface area contributed by atoms with Crippen molar-refractivity contribution in [1.82, 2.24) is 0 Å². The highest BCUT2D eigenvalue weighted by molar-refractivity contribution is 5.97. The van der Waals surface area contributed by atoms with Gasteiger partial charge in [-0.2, -0.15) is 0 Å². The molecule has 166 valence electrons. The maximum atomic E-state index is 12.5. The number of para-hydroxylation sites is 1. The van der Waals surface area contributed by atoms with Crippen LogP contribution in [0.2, 0.25) is 0 Å². The second kappa shape index (κ2) is 11.1. The predicted molar refractivity (Wildman–Crippen MR) is 120 cm³/mol. The minimum atomic E-state index is -0.968. The summed E-state index contributed by atoms with van der Waals surface area (Å²) in [5, 5.41) is 2.83. The molecule has 2 rings (SSSR count). The molecular weight excluding hydrogens is 398 g/mol. The fourth-order valence-electron chi connectivity index (χ4n) is 2.96. The van der Waals surface area contributed by atoms with Crippen LogP contribution >= 0.6 is 0 Å². The Balaban J connectivity index is 2.07. The van der Waals surface area contributed by atoms with Gasteiger partial charge < -0.3 is 24.3 Å². The van der Waals surface area contributed by atoms with Gasteiger partial charge in [0.1, 0.15) is 5.75 Å². The van der Waals surface area contributed by atoms with Gasteiger partial charge in [0.15, 0.2) is 17.6 Å². The van der Waals surface area contributed by atoms with Crippen molar-refractivity contribution < 1.29 is 28.5 Å². The number of anilines is 1. The van der Waals surface area contributed by atoms with Crippen LogP contribution in [0.3, 0.4) is 0 Å². The van der Waals surface area contributed by atoms with E-state index in [4.69, 9.17) is 18.9 Å². The number of nitrogens with one attached hydrogen (secondary N) is 1. The highest BCUT2D eigenvalue weighted by atomic mass is 16.5. The molecule has 1 N–H and O–H groups in total. The first-order valence-corrected chi connectivity index (χ1v) is 9.89. The van der Waals surface area contributed by atoms with Crippen molar-refractivity contribution in [3.8, 4) is 17.2 Å². The molecule has 31 heavy (non-hydrogen) atoms.